The molecule has 0 saturated heterocycles. The van der Waals surface area contributed by atoms with Gasteiger partial charge < -0.3 is 5.32 Å². The lowest BCUT2D eigenvalue weighted by Gasteiger charge is -2.24. The standard InChI is InChI=1S/C16H26BrN/c1-11(2)8-15(9-12(3)4)18-16-7-6-14(17)10-13(16)5/h6-7,10-12,15,18H,8-9H2,1-5H3. The fourth-order valence-electron chi connectivity index (χ4n) is 2.36. The van der Waals surface area contributed by atoms with Crippen molar-refractivity contribution in [3.63, 3.8) is 0 Å². The number of rotatable bonds is 6. The maximum absolute atomic E-state index is 3.72. The van der Waals surface area contributed by atoms with Crippen molar-refractivity contribution in [1.82, 2.24) is 0 Å². The third-order valence-electron chi connectivity index (χ3n) is 3.06. The van der Waals surface area contributed by atoms with Crippen LogP contribution >= 0.6 is 15.9 Å². The average molecular weight is 312 g/mol. The van der Waals surface area contributed by atoms with Gasteiger partial charge in [-0.25, -0.2) is 0 Å². The van der Waals surface area contributed by atoms with E-state index in [0.29, 0.717) is 6.04 Å². The lowest BCUT2D eigenvalue weighted by atomic mass is 9.95. The third-order valence-corrected chi connectivity index (χ3v) is 3.55. The Bertz CT molecular complexity index is 361. The molecule has 0 atom stereocenters. The Kier molecular flexibility index (Phi) is 6.20. The van der Waals surface area contributed by atoms with Gasteiger partial charge in [0, 0.05) is 16.2 Å². The summed E-state index contributed by atoms with van der Waals surface area (Å²) >= 11 is 3.52. The number of halogens is 1. The van der Waals surface area contributed by atoms with E-state index in [1.165, 1.54) is 24.1 Å². The minimum Gasteiger partial charge on any atom is -0.382 e. The van der Waals surface area contributed by atoms with Gasteiger partial charge >= 0.3 is 0 Å². The van der Waals surface area contributed by atoms with Crippen LogP contribution in [0.1, 0.15) is 46.1 Å². The van der Waals surface area contributed by atoms with Crippen LogP contribution in [-0.2, 0) is 0 Å². The van der Waals surface area contributed by atoms with Gasteiger partial charge in [0.05, 0.1) is 0 Å². The van der Waals surface area contributed by atoms with E-state index in [1.807, 2.05) is 0 Å². The lowest BCUT2D eigenvalue weighted by Crippen LogP contribution is -2.24. The fourth-order valence-corrected chi connectivity index (χ4v) is 2.84. The molecular weight excluding hydrogens is 286 g/mol. The van der Waals surface area contributed by atoms with Crippen molar-refractivity contribution in [2.24, 2.45) is 11.8 Å². The molecule has 0 aliphatic carbocycles. The smallest absolute Gasteiger partial charge is 0.0372 e. The number of hydrogen-bond donors (Lipinski definition) is 1. The van der Waals surface area contributed by atoms with E-state index in [2.05, 4.69) is 74.1 Å². The molecule has 1 nitrogen and oxygen atoms in total. The van der Waals surface area contributed by atoms with Gasteiger partial charge in [-0.3, -0.25) is 0 Å². The van der Waals surface area contributed by atoms with E-state index in [-0.39, 0.29) is 0 Å². The molecule has 0 radical (unpaired) electrons. The zero-order chi connectivity index (χ0) is 13.7. The zero-order valence-electron chi connectivity index (χ0n) is 12.3. The van der Waals surface area contributed by atoms with Gasteiger partial charge in [-0.15, -0.1) is 0 Å². The summed E-state index contributed by atoms with van der Waals surface area (Å²) in [6.07, 6.45) is 2.46. The van der Waals surface area contributed by atoms with Crippen LogP contribution in [0.4, 0.5) is 5.69 Å². The van der Waals surface area contributed by atoms with Gasteiger partial charge in [-0.1, -0.05) is 43.6 Å². The second-order valence-corrected chi connectivity index (χ2v) is 6.98. The molecule has 0 fully saturated rings. The molecule has 102 valence electrons. The first kappa shape index (κ1) is 15.6. The van der Waals surface area contributed by atoms with E-state index in [9.17, 15) is 0 Å². The van der Waals surface area contributed by atoms with E-state index in [4.69, 9.17) is 0 Å². The van der Waals surface area contributed by atoms with Crippen molar-refractivity contribution in [1.29, 1.82) is 0 Å². The van der Waals surface area contributed by atoms with Crippen molar-refractivity contribution in [3.8, 4) is 0 Å². The van der Waals surface area contributed by atoms with Crippen LogP contribution in [0.5, 0.6) is 0 Å². The topological polar surface area (TPSA) is 12.0 Å². The summed E-state index contributed by atoms with van der Waals surface area (Å²) < 4.78 is 1.15. The number of anilines is 1. The van der Waals surface area contributed by atoms with Crippen LogP contribution in [0.2, 0.25) is 0 Å². The van der Waals surface area contributed by atoms with Crippen molar-refractivity contribution in [3.05, 3.63) is 28.2 Å². The fraction of sp³-hybridized carbons (Fsp3) is 0.625. The van der Waals surface area contributed by atoms with Crippen molar-refractivity contribution < 1.29 is 0 Å². The van der Waals surface area contributed by atoms with Crippen LogP contribution in [-0.4, -0.2) is 6.04 Å². The molecule has 1 rings (SSSR count). The molecule has 1 N–H and O–H groups in total. The molecule has 0 heterocycles. The highest BCUT2D eigenvalue weighted by Crippen LogP contribution is 2.24. The lowest BCUT2D eigenvalue weighted by molar-refractivity contribution is 0.442. The molecule has 2 heteroatoms. The number of benzene rings is 1. The molecule has 0 spiro atoms. The van der Waals surface area contributed by atoms with Gasteiger partial charge in [0.1, 0.15) is 0 Å². The predicted octanol–water partition coefficient (Wildman–Crippen LogP) is 5.63. The number of aryl methyl sites for hydroxylation is 1. The highest BCUT2D eigenvalue weighted by atomic mass is 79.9. The van der Waals surface area contributed by atoms with Crippen molar-refractivity contribution in [2.45, 2.75) is 53.5 Å². The number of hydrogen-bond acceptors (Lipinski definition) is 1. The normalized spacial score (nSPS) is 11.6. The summed E-state index contributed by atoms with van der Waals surface area (Å²) in [6.45, 7) is 11.3. The quantitative estimate of drug-likeness (QED) is 0.718. The maximum Gasteiger partial charge on any atom is 0.0372 e. The minimum atomic E-state index is 0.574. The summed E-state index contributed by atoms with van der Waals surface area (Å²) in [6, 6.07) is 7.03. The summed E-state index contributed by atoms with van der Waals surface area (Å²) in [7, 11) is 0. The van der Waals surface area contributed by atoms with Gasteiger partial charge in [0.15, 0.2) is 0 Å². The summed E-state index contributed by atoms with van der Waals surface area (Å²) in [5.41, 5.74) is 2.58. The zero-order valence-corrected chi connectivity index (χ0v) is 13.8. The predicted molar refractivity (Wildman–Crippen MR) is 85.2 cm³/mol. The first-order valence-electron chi connectivity index (χ1n) is 6.91. The SMILES string of the molecule is Cc1cc(Br)ccc1NC(CC(C)C)CC(C)C. The minimum absolute atomic E-state index is 0.574. The van der Waals surface area contributed by atoms with E-state index in [0.717, 1.165) is 16.3 Å². The first-order chi connectivity index (χ1) is 8.38. The van der Waals surface area contributed by atoms with Gasteiger partial charge in [0.2, 0.25) is 0 Å². The highest BCUT2D eigenvalue weighted by molar-refractivity contribution is 9.10. The summed E-state index contributed by atoms with van der Waals surface area (Å²) in [5, 5.41) is 3.72. The van der Waals surface area contributed by atoms with E-state index >= 15 is 0 Å². The first-order valence-corrected chi connectivity index (χ1v) is 7.70. The molecular formula is C16H26BrN. The molecule has 0 aromatic heterocycles. The Morgan fingerprint density at radius 2 is 1.61 bits per heavy atom. The van der Waals surface area contributed by atoms with E-state index < -0.39 is 0 Å². The Morgan fingerprint density at radius 1 is 1.06 bits per heavy atom. The Balaban J connectivity index is 2.75. The molecule has 0 bridgehead atoms. The largest absolute Gasteiger partial charge is 0.382 e. The molecule has 0 unspecified atom stereocenters. The van der Waals surface area contributed by atoms with Gasteiger partial charge in [-0.05, 0) is 55.4 Å². The second-order valence-electron chi connectivity index (χ2n) is 6.06. The molecule has 0 saturated carbocycles. The van der Waals surface area contributed by atoms with Crippen LogP contribution in [0.15, 0.2) is 22.7 Å². The molecule has 1 aromatic rings. The van der Waals surface area contributed by atoms with Gasteiger partial charge in [-0.2, -0.15) is 0 Å². The molecule has 0 aliphatic rings. The average Bonchev–Trinajstić information content (AvgIpc) is 2.20. The molecule has 0 aliphatic heterocycles. The van der Waals surface area contributed by atoms with Gasteiger partial charge in [0.25, 0.3) is 0 Å². The summed E-state index contributed by atoms with van der Waals surface area (Å²) in [4.78, 5) is 0. The van der Waals surface area contributed by atoms with E-state index in [1.54, 1.807) is 0 Å². The molecule has 18 heavy (non-hydrogen) atoms. The van der Waals surface area contributed by atoms with Crippen LogP contribution in [0, 0.1) is 18.8 Å². The maximum atomic E-state index is 3.72. The van der Waals surface area contributed by atoms with Crippen molar-refractivity contribution >= 4 is 21.6 Å². The third kappa shape index (κ3) is 5.43. The summed E-state index contributed by atoms with van der Waals surface area (Å²) in [5.74, 6) is 1.47. The van der Waals surface area contributed by atoms with Crippen molar-refractivity contribution in [2.75, 3.05) is 5.32 Å². The number of nitrogens with one attached hydrogen (secondary N) is 1. The Morgan fingerprint density at radius 3 is 2.06 bits per heavy atom. The monoisotopic (exact) mass is 311 g/mol. The molecule has 1 aromatic carbocycles. The molecule has 0 amide bonds. The Labute approximate surface area is 120 Å². The van der Waals surface area contributed by atoms with Crippen LogP contribution < -0.4 is 5.32 Å². The highest BCUT2D eigenvalue weighted by Gasteiger charge is 2.13. The van der Waals surface area contributed by atoms with Crippen LogP contribution in [0.25, 0.3) is 0 Å². The van der Waals surface area contributed by atoms with Crippen LogP contribution in [0.3, 0.4) is 0 Å². The second kappa shape index (κ2) is 7.18. The Hall–Kier alpha value is -0.500.